The molecule has 0 aliphatic carbocycles. The lowest BCUT2D eigenvalue weighted by Crippen LogP contribution is -2.10. The highest BCUT2D eigenvalue weighted by molar-refractivity contribution is 5.59. The summed E-state index contributed by atoms with van der Waals surface area (Å²) in [5.74, 6) is 0.829. The SMILES string of the molecule is NCCOc1ccc(Nc2ccncc2)cc1. The number of anilines is 2. The molecule has 88 valence electrons. The number of nitrogens with zero attached hydrogens (tertiary/aromatic N) is 1. The van der Waals surface area contributed by atoms with E-state index < -0.39 is 0 Å². The summed E-state index contributed by atoms with van der Waals surface area (Å²) in [7, 11) is 0. The molecule has 4 heteroatoms. The minimum Gasteiger partial charge on any atom is -0.492 e. The first kappa shape index (κ1) is 11.4. The third-order valence-electron chi connectivity index (χ3n) is 2.21. The van der Waals surface area contributed by atoms with Crippen molar-refractivity contribution in [2.24, 2.45) is 5.73 Å². The van der Waals surface area contributed by atoms with E-state index in [1.165, 1.54) is 0 Å². The molecule has 4 nitrogen and oxygen atoms in total. The van der Waals surface area contributed by atoms with Crippen molar-refractivity contribution in [2.75, 3.05) is 18.5 Å². The predicted molar refractivity (Wildman–Crippen MR) is 68.5 cm³/mol. The van der Waals surface area contributed by atoms with E-state index in [2.05, 4.69) is 10.3 Å². The Hall–Kier alpha value is -2.07. The van der Waals surface area contributed by atoms with Gasteiger partial charge in [0.2, 0.25) is 0 Å². The summed E-state index contributed by atoms with van der Waals surface area (Å²) in [4.78, 5) is 3.96. The second-order valence-corrected chi connectivity index (χ2v) is 3.52. The second kappa shape index (κ2) is 5.86. The van der Waals surface area contributed by atoms with Crippen molar-refractivity contribution in [3.05, 3.63) is 48.8 Å². The van der Waals surface area contributed by atoms with E-state index in [9.17, 15) is 0 Å². The molecule has 0 amide bonds. The molecule has 0 spiro atoms. The molecule has 1 aromatic heterocycles. The zero-order valence-corrected chi connectivity index (χ0v) is 9.47. The van der Waals surface area contributed by atoms with E-state index in [0.717, 1.165) is 17.1 Å². The van der Waals surface area contributed by atoms with Gasteiger partial charge in [0.05, 0.1) is 0 Å². The van der Waals surface area contributed by atoms with Crippen molar-refractivity contribution < 1.29 is 4.74 Å². The molecular weight excluding hydrogens is 214 g/mol. The lowest BCUT2D eigenvalue weighted by molar-refractivity contribution is 0.328. The maximum Gasteiger partial charge on any atom is 0.119 e. The number of hydrogen-bond donors (Lipinski definition) is 2. The number of aromatic nitrogens is 1. The van der Waals surface area contributed by atoms with Crippen molar-refractivity contribution in [3.8, 4) is 5.75 Å². The zero-order valence-electron chi connectivity index (χ0n) is 9.47. The molecule has 2 rings (SSSR count). The predicted octanol–water partition coefficient (Wildman–Crippen LogP) is 2.16. The minimum absolute atomic E-state index is 0.525. The van der Waals surface area contributed by atoms with Crippen LogP contribution in [0.3, 0.4) is 0 Å². The first-order valence-electron chi connectivity index (χ1n) is 5.48. The number of rotatable bonds is 5. The Morgan fingerprint density at radius 1 is 1.00 bits per heavy atom. The van der Waals surface area contributed by atoms with Crippen molar-refractivity contribution in [2.45, 2.75) is 0 Å². The van der Waals surface area contributed by atoms with E-state index in [0.29, 0.717) is 13.2 Å². The van der Waals surface area contributed by atoms with Gasteiger partial charge in [-0.05, 0) is 36.4 Å². The number of nitrogens with one attached hydrogen (secondary N) is 1. The number of benzene rings is 1. The monoisotopic (exact) mass is 229 g/mol. The van der Waals surface area contributed by atoms with Gasteiger partial charge in [-0.15, -0.1) is 0 Å². The highest BCUT2D eigenvalue weighted by Crippen LogP contribution is 2.19. The van der Waals surface area contributed by atoms with Crippen LogP contribution in [0.5, 0.6) is 5.75 Å². The van der Waals surface area contributed by atoms with Crippen molar-refractivity contribution in [1.29, 1.82) is 0 Å². The Labute approximate surface area is 100 Å². The van der Waals surface area contributed by atoms with Crippen LogP contribution in [0.25, 0.3) is 0 Å². The summed E-state index contributed by atoms with van der Waals surface area (Å²) in [6, 6.07) is 11.6. The fourth-order valence-corrected chi connectivity index (χ4v) is 1.41. The number of ether oxygens (including phenoxy) is 1. The summed E-state index contributed by atoms with van der Waals surface area (Å²) < 4.78 is 5.40. The lowest BCUT2D eigenvalue weighted by Gasteiger charge is -2.08. The normalized spacial score (nSPS) is 9.94. The summed E-state index contributed by atoms with van der Waals surface area (Å²) in [5.41, 5.74) is 7.39. The van der Waals surface area contributed by atoms with Gasteiger partial charge in [-0.2, -0.15) is 0 Å². The Bertz CT molecular complexity index is 442. The Morgan fingerprint density at radius 2 is 1.65 bits per heavy atom. The molecule has 0 radical (unpaired) electrons. The van der Waals surface area contributed by atoms with Crippen LogP contribution in [0.15, 0.2) is 48.8 Å². The first-order valence-corrected chi connectivity index (χ1v) is 5.48. The van der Waals surface area contributed by atoms with Crippen LogP contribution in [0.1, 0.15) is 0 Å². The van der Waals surface area contributed by atoms with E-state index in [4.69, 9.17) is 10.5 Å². The fraction of sp³-hybridized carbons (Fsp3) is 0.154. The molecule has 1 aromatic carbocycles. The Kier molecular flexibility index (Phi) is 3.94. The minimum atomic E-state index is 0.525. The lowest BCUT2D eigenvalue weighted by atomic mass is 10.3. The molecule has 0 fully saturated rings. The van der Waals surface area contributed by atoms with Gasteiger partial charge >= 0.3 is 0 Å². The van der Waals surface area contributed by atoms with Crippen LogP contribution in [0.4, 0.5) is 11.4 Å². The second-order valence-electron chi connectivity index (χ2n) is 3.52. The average molecular weight is 229 g/mol. The summed E-state index contributed by atoms with van der Waals surface area (Å²) in [5, 5.41) is 3.27. The third kappa shape index (κ3) is 3.46. The maximum absolute atomic E-state index is 5.40. The van der Waals surface area contributed by atoms with Gasteiger partial charge in [0.1, 0.15) is 12.4 Å². The fourth-order valence-electron chi connectivity index (χ4n) is 1.41. The molecular formula is C13H15N3O. The molecule has 0 atom stereocenters. The molecule has 1 heterocycles. The van der Waals surface area contributed by atoms with Gasteiger partial charge < -0.3 is 15.8 Å². The number of nitrogens with two attached hydrogens (primary N) is 1. The standard InChI is InChI=1S/C13H15N3O/c14-7-10-17-13-3-1-11(2-4-13)16-12-5-8-15-9-6-12/h1-6,8-9H,7,10,14H2,(H,15,16). The zero-order chi connectivity index (χ0) is 11.9. The van der Waals surface area contributed by atoms with Crippen LogP contribution in [0, 0.1) is 0 Å². The highest BCUT2D eigenvalue weighted by Gasteiger charge is 1.95. The molecule has 3 N–H and O–H groups in total. The maximum atomic E-state index is 5.40. The van der Waals surface area contributed by atoms with Crippen molar-refractivity contribution in [1.82, 2.24) is 4.98 Å². The molecule has 0 bridgehead atoms. The summed E-state index contributed by atoms with van der Waals surface area (Å²) in [6.45, 7) is 1.06. The van der Waals surface area contributed by atoms with Gasteiger partial charge in [-0.1, -0.05) is 0 Å². The van der Waals surface area contributed by atoms with Gasteiger partial charge in [0.15, 0.2) is 0 Å². The molecule has 0 saturated carbocycles. The molecule has 0 saturated heterocycles. The van der Waals surface area contributed by atoms with Crippen LogP contribution in [0.2, 0.25) is 0 Å². The topological polar surface area (TPSA) is 60.2 Å². The van der Waals surface area contributed by atoms with Gasteiger partial charge in [-0.25, -0.2) is 0 Å². The van der Waals surface area contributed by atoms with Crippen LogP contribution >= 0.6 is 0 Å². The van der Waals surface area contributed by atoms with Crippen LogP contribution in [-0.2, 0) is 0 Å². The molecule has 2 aromatic rings. The quantitative estimate of drug-likeness (QED) is 0.824. The van der Waals surface area contributed by atoms with Gasteiger partial charge in [0, 0.05) is 30.3 Å². The highest BCUT2D eigenvalue weighted by atomic mass is 16.5. The van der Waals surface area contributed by atoms with Crippen LogP contribution in [-0.4, -0.2) is 18.1 Å². The number of pyridine rings is 1. The molecule has 0 unspecified atom stereocenters. The molecule has 17 heavy (non-hydrogen) atoms. The largest absolute Gasteiger partial charge is 0.492 e. The van der Waals surface area contributed by atoms with Crippen molar-refractivity contribution >= 4 is 11.4 Å². The first-order chi connectivity index (χ1) is 8.38. The Balaban J connectivity index is 1.98. The van der Waals surface area contributed by atoms with Gasteiger partial charge in [-0.3, -0.25) is 4.98 Å². The van der Waals surface area contributed by atoms with E-state index in [-0.39, 0.29) is 0 Å². The summed E-state index contributed by atoms with van der Waals surface area (Å²) in [6.07, 6.45) is 3.50. The van der Waals surface area contributed by atoms with Crippen LogP contribution < -0.4 is 15.8 Å². The number of hydrogen-bond acceptors (Lipinski definition) is 4. The smallest absolute Gasteiger partial charge is 0.119 e. The average Bonchev–Trinajstić information content (AvgIpc) is 2.39. The third-order valence-corrected chi connectivity index (χ3v) is 2.21. The van der Waals surface area contributed by atoms with Crippen molar-refractivity contribution in [3.63, 3.8) is 0 Å². The summed E-state index contributed by atoms with van der Waals surface area (Å²) >= 11 is 0. The van der Waals surface area contributed by atoms with E-state index in [1.54, 1.807) is 12.4 Å². The van der Waals surface area contributed by atoms with E-state index >= 15 is 0 Å². The molecule has 0 aliphatic rings. The Morgan fingerprint density at radius 3 is 2.29 bits per heavy atom. The molecule has 0 aliphatic heterocycles. The van der Waals surface area contributed by atoms with Gasteiger partial charge in [0.25, 0.3) is 0 Å². The van der Waals surface area contributed by atoms with E-state index in [1.807, 2.05) is 36.4 Å².